The van der Waals surface area contributed by atoms with E-state index in [4.69, 9.17) is 4.52 Å². The van der Waals surface area contributed by atoms with Crippen molar-refractivity contribution >= 4 is 22.4 Å². The smallest absolute Gasteiger partial charge is 0.296 e. The maximum absolute atomic E-state index is 12.0. The highest BCUT2D eigenvalue weighted by Crippen LogP contribution is 2.21. The zero-order valence-electron chi connectivity index (χ0n) is 11.5. The molecular formula is C14H12N4O2S. The Labute approximate surface area is 124 Å². The van der Waals surface area contributed by atoms with Crippen LogP contribution in [0.3, 0.4) is 0 Å². The standard InChI is InChI=1S/C14H12N4O2S/c1-8-3-5-10(6-4-8)11-7-12(20-18-11)13(19)15-14-17-16-9(2)21-14/h3-7H,1-2H3,(H,15,17,19). The molecular weight excluding hydrogens is 288 g/mol. The van der Waals surface area contributed by atoms with Crippen LogP contribution in [0.5, 0.6) is 0 Å². The molecule has 0 radical (unpaired) electrons. The Bertz CT molecular complexity index is 776. The summed E-state index contributed by atoms with van der Waals surface area (Å²) < 4.78 is 5.08. The molecule has 3 rings (SSSR count). The van der Waals surface area contributed by atoms with Crippen molar-refractivity contribution in [3.63, 3.8) is 0 Å². The Kier molecular flexibility index (Phi) is 3.49. The third-order valence-corrected chi connectivity index (χ3v) is 3.58. The number of rotatable bonds is 3. The van der Waals surface area contributed by atoms with Gasteiger partial charge in [0.2, 0.25) is 10.9 Å². The van der Waals surface area contributed by atoms with E-state index < -0.39 is 5.91 Å². The Morgan fingerprint density at radius 3 is 2.62 bits per heavy atom. The van der Waals surface area contributed by atoms with Crippen LogP contribution >= 0.6 is 11.3 Å². The second-order valence-electron chi connectivity index (χ2n) is 4.52. The van der Waals surface area contributed by atoms with Crippen LogP contribution in [0.2, 0.25) is 0 Å². The third-order valence-electron chi connectivity index (χ3n) is 2.83. The van der Waals surface area contributed by atoms with E-state index in [-0.39, 0.29) is 5.76 Å². The minimum Gasteiger partial charge on any atom is -0.350 e. The highest BCUT2D eigenvalue weighted by molar-refractivity contribution is 7.15. The molecule has 0 aliphatic rings. The molecule has 0 unspecified atom stereocenters. The molecule has 3 aromatic rings. The van der Waals surface area contributed by atoms with Gasteiger partial charge in [-0.3, -0.25) is 10.1 Å². The highest BCUT2D eigenvalue weighted by Gasteiger charge is 2.15. The number of amides is 1. The maximum atomic E-state index is 12.0. The quantitative estimate of drug-likeness (QED) is 0.804. The van der Waals surface area contributed by atoms with E-state index in [0.29, 0.717) is 10.8 Å². The van der Waals surface area contributed by atoms with Crippen molar-refractivity contribution < 1.29 is 9.32 Å². The molecule has 2 aromatic heterocycles. The molecule has 0 saturated heterocycles. The molecule has 0 spiro atoms. The van der Waals surface area contributed by atoms with E-state index >= 15 is 0 Å². The van der Waals surface area contributed by atoms with Gasteiger partial charge in [-0.15, -0.1) is 10.2 Å². The normalized spacial score (nSPS) is 10.6. The molecule has 0 atom stereocenters. The first kappa shape index (κ1) is 13.4. The Hall–Kier alpha value is -2.54. The van der Waals surface area contributed by atoms with E-state index in [0.717, 1.165) is 16.1 Å². The molecule has 1 aromatic carbocycles. The summed E-state index contributed by atoms with van der Waals surface area (Å²) in [6.07, 6.45) is 0. The molecule has 21 heavy (non-hydrogen) atoms. The van der Waals surface area contributed by atoms with Crippen LogP contribution in [-0.4, -0.2) is 21.3 Å². The first-order valence-electron chi connectivity index (χ1n) is 6.27. The number of hydrogen-bond acceptors (Lipinski definition) is 6. The number of hydrogen-bond donors (Lipinski definition) is 1. The molecule has 1 amide bonds. The summed E-state index contributed by atoms with van der Waals surface area (Å²) in [6, 6.07) is 9.43. The number of benzene rings is 1. The Morgan fingerprint density at radius 2 is 1.95 bits per heavy atom. The minimum absolute atomic E-state index is 0.137. The van der Waals surface area contributed by atoms with Gasteiger partial charge in [0, 0.05) is 11.6 Å². The molecule has 106 valence electrons. The Balaban J connectivity index is 1.78. The largest absolute Gasteiger partial charge is 0.350 e. The predicted molar refractivity (Wildman–Crippen MR) is 79.3 cm³/mol. The Morgan fingerprint density at radius 1 is 1.19 bits per heavy atom. The monoisotopic (exact) mass is 300 g/mol. The summed E-state index contributed by atoms with van der Waals surface area (Å²) in [5.41, 5.74) is 2.68. The van der Waals surface area contributed by atoms with Crippen LogP contribution in [-0.2, 0) is 0 Å². The van der Waals surface area contributed by atoms with Gasteiger partial charge in [-0.1, -0.05) is 46.3 Å². The number of nitrogens with one attached hydrogen (secondary N) is 1. The van der Waals surface area contributed by atoms with Crippen molar-refractivity contribution in [2.75, 3.05) is 5.32 Å². The average Bonchev–Trinajstić information content (AvgIpc) is 3.09. The summed E-state index contributed by atoms with van der Waals surface area (Å²) in [5, 5.41) is 15.4. The lowest BCUT2D eigenvalue weighted by molar-refractivity contribution is 0.0988. The lowest BCUT2D eigenvalue weighted by Gasteiger charge is -1.95. The first-order valence-corrected chi connectivity index (χ1v) is 7.09. The summed E-state index contributed by atoms with van der Waals surface area (Å²) in [5.74, 6) is -0.254. The number of nitrogens with zero attached hydrogens (tertiary/aromatic N) is 3. The fourth-order valence-corrected chi connectivity index (χ4v) is 2.34. The molecule has 0 fully saturated rings. The molecule has 0 bridgehead atoms. The van der Waals surface area contributed by atoms with Crippen LogP contribution in [0.15, 0.2) is 34.9 Å². The zero-order valence-corrected chi connectivity index (χ0v) is 12.3. The molecule has 0 saturated carbocycles. The molecule has 2 heterocycles. The van der Waals surface area contributed by atoms with Gasteiger partial charge >= 0.3 is 0 Å². The van der Waals surface area contributed by atoms with Gasteiger partial charge in [0.1, 0.15) is 10.7 Å². The van der Waals surface area contributed by atoms with E-state index in [2.05, 4.69) is 20.7 Å². The molecule has 0 aliphatic carbocycles. The van der Waals surface area contributed by atoms with Crippen molar-refractivity contribution in [2.24, 2.45) is 0 Å². The number of aryl methyl sites for hydroxylation is 2. The topological polar surface area (TPSA) is 80.9 Å². The van der Waals surface area contributed by atoms with Gasteiger partial charge in [-0.25, -0.2) is 0 Å². The number of carbonyl (C=O) groups excluding carboxylic acids is 1. The second-order valence-corrected chi connectivity index (χ2v) is 5.70. The molecule has 6 nitrogen and oxygen atoms in total. The minimum atomic E-state index is -0.392. The van der Waals surface area contributed by atoms with Crippen LogP contribution in [0, 0.1) is 13.8 Å². The summed E-state index contributed by atoms with van der Waals surface area (Å²) in [7, 11) is 0. The van der Waals surface area contributed by atoms with Crippen LogP contribution in [0.25, 0.3) is 11.3 Å². The summed E-state index contributed by atoms with van der Waals surface area (Å²) in [4.78, 5) is 12.0. The van der Waals surface area contributed by atoms with Crippen LogP contribution < -0.4 is 5.32 Å². The van der Waals surface area contributed by atoms with Crippen molar-refractivity contribution in [1.82, 2.24) is 15.4 Å². The van der Waals surface area contributed by atoms with E-state index in [1.54, 1.807) is 6.07 Å². The van der Waals surface area contributed by atoms with Crippen molar-refractivity contribution in [1.29, 1.82) is 0 Å². The van der Waals surface area contributed by atoms with Crippen LogP contribution in [0.1, 0.15) is 21.1 Å². The molecule has 1 N–H and O–H groups in total. The predicted octanol–water partition coefficient (Wildman–Crippen LogP) is 3.06. The van der Waals surface area contributed by atoms with Gasteiger partial charge in [0.25, 0.3) is 5.91 Å². The summed E-state index contributed by atoms with van der Waals surface area (Å²) in [6.45, 7) is 3.83. The fraction of sp³-hybridized carbons (Fsp3) is 0.143. The second kappa shape index (κ2) is 5.45. The van der Waals surface area contributed by atoms with Gasteiger partial charge in [-0.05, 0) is 13.8 Å². The van der Waals surface area contributed by atoms with E-state index in [9.17, 15) is 4.79 Å². The highest BCUT2D eigenvalue weighted by atomic mass is 32.1. The van der Waals surface area contributed by atoms with Crippen molar-refractivity contribution in [3.05, 3.63) is 46.7 Å². The van der Waals surface area contributed by atoms with Gasteiger partial charge in [-0.2, -0.15) is 0 Å². The van der Waals surface area contributed by atoms with Gasteiger partial charge < -0.3 is 4.52 Å². The van der Waals surface area contributed by atoms with Crippen molar-refractivity contribution in [3.8, 4) is 11.3 Å². The van der Waals surface area contributed by atoms with Gasteiger partial charge in [0.15, 0.2) is 0 Å². The van der Waals surface area contributed by atoms with Gasteiger partial charge in [0.05, 0.1) is 0 Å². The number of anilines is 1. The van der Waals surface area contributed by atoms with E-state index in [1.807, 2.05) is 38.1 Å². The number of carbonyl (C=O) groups is 1. The average molecular weight is 300 g/mol. The lowest BCUT2D eigenvalue weighted by Crippen LogP contribution is -2.10. The molecule has 0 aliphatic heterocycles. The SMILES string of the molecule is Cc1ccc(-c2cc(C(=O)Nc3nnc(C)s3)on2)cc1. The molecule has 7 heteroatoms. The first-order chi connectivity index (χ1) is 10.1. The number of aromatic nitrogens is 3. The summed E-state index contributed by atoms with van der Waals surface area (Å²) >= 11 is 1.30. The fourth-order valence-electron chi connectivity index (χ4n) is 1.75. The van der Waals surface area contributed by atoms with Crippen LogP contribution in [0.4, 0.5) is 5.13 Å². The lowest BCUT2D eigenvalue weighted by atomic mass is 10.1. The third kappa shape index (κ3) is 2.97. The van der Waals surface area contributed by atoms with E-state index in [1.165, 1.54) is 11.3 Å². The maximum Gasteiger partial charge on any atom is 0.296 e. The van der Waals surface area contributed by atoms with Crippen molar-refractivity contribution in [2.45, 2.75) is 13.8 Å². The zero-order chi connectivity index (χ0) is 14.8.